The van der Waals surface area contributed by atoms with Crippen LogP contribution in [0.25, 0.3) is 0 Å². The van der Waals surface area contributed by atoms with Crippen molar-refractivity contribution in [2.45, 2.75) is 25.2 Å². The first-order valence-corrected chi connectivity index (χ1v) is 9.17. The molecule has 0 aliphatic rings. The Kier molecular flexibility index (Phi) is 5.79. The van der Waals surface area contributed by atoms with Gasteiger partial charge in [0.05, 0.1) is 23.3 Å². The highest BCUT2D eigenvalue weighted by molar-refractivity contribution is 7.92. The summed E-state index contributed by atoms with van der Waals surface area (Å²) in [6, 6.07) is 3.44. The highest BCUT2D eigenvalue weighted by Crippen LogP contribution is 2.20. The molecule has 2 heterocycles. The van der Waals surface area contributed by atoms with E-state index in [4.69, 9.17) is 0 Å². The van der Waals surface area contributed by atoms with Crippen LogP contribution in [0.5, 0.6) is 0 Å². The Morgan fingerprint density at radius 3 is 2.54 bits per heavy atom. The van der Waals surface area contributed by atoms with Crippen molar-refractivity contribution in [1.29, 1.82) is 0 Å². The number of H-pyrrole nitrogens is 1. The van der Waals surface area contributed by atoms with E-state index in [2.05, 4.69) is 30.1 Å². The van der Waals surface area contributed by atoms with Crippen molar-refractivity contribution in [1.82, 2.24) is 20.1 Å². The third-order valence-corrected chi connectivity index (χ3v) is 5.06. The zero-order chi connectivity index (χ0) is 17.7. The van der Waals surface area contributed by atoms with Crippen molar-refractivity contribution in [3.05, 3.63) is 29.7 Å². The molecule has 0 bridgehead atoms. The highest BCUT2D eigenvalue weighted by atomic mass is 32.2. The lowest BCUT2D eigenvalue weighted by Gasteiger charge is -2.11. The van der Waals surface area contributed by atoms with Gasteiger partial charge in [0, 0.05) is 6.54 Å². The minimum Gasteiger partial charge on any atom is -0.384 e. The number of pyridine rings is 1. The van der Waals surface area contributed by atoms with Gasteiger partial charge in [0.15, 0.2) is 0 Å². The number of nitrogens with one attached hydrogen (secondary N) is 3. The summed E-state index contributed by atoms with van der Waals surface area (Å²) in [5, 5.41) is 9.84. The van der Waals surface area contributed by atoms with E-state index in [-0.39, 0.29) is 10.7 Å². The fraction of sp³-hybridized carbons (Fsp3) is 0.467. The molecule has 9 heteroatoms. The number of aryl methyl sites for hydroxylation is 2. The van der Waals surface area contributed by atoms with Gasteiger partial charge in [-0.2, -0.15) is 5.10 Å². The van der Waals surface area contributed by atoms with Crippen LogP contribution in [0.1, 0.15) is 17.8 Å². The summed E-state index contributed by atoms with van der Waals surface area (Å²) in [6.45, 7) is 5.15. The van der Waals surface area contributed by atoms with Crippen LogP contribution in [0.2, 0.25) is 0 Å². The summed E-state index contributed by atoms with van der Waals surface area (Å²) in [6.07, 6.45) is 2.63. The van der Waals surface area contributed by atoms with Crippen molar-refractivity contribution >= 4 is 21.5 Å². The Morgan fingerprint density at radius 1 is 1.25 bits per heavy atom. The standard InChI is InChI=1S/C15H24N6O2S/c1-11-15(12(2)19-18-11)24(22,23)20-14-7-6-13(10-17-14)16-8-5-9-21(3)4/h6-7,10,16H,5,8-9H2,1-4H3,(H,17,20)(H,18,19). The van der Waals surface area contributed by atoms with Crippen LogP contribution < -0.4 is 10.0 Å². The van der Waals surface area contributed by atoms with Crippen LogP contribution in [0.3, 0.4) is 0 Å². The molecule has 0 unspecified atom stereocenters. The monoisotopic (exact) mass is 352 g/mol. The van der Waals surface area contributed by atoms with Gasteiger partial charge in [0.2, 0.25) is 0 Å². The number of rotatable bonds is 8. The molecular weight excluding hydrogens is 328 g/mol. The SMILES string of the molecule is Cc1n[nH]c(C)c1S(=O)(=O)Nc1ccc(NCCCN(C)C)cn1. The first-order valence-electron chi connectivity index (χ1n) is 7.68. The number of nitrogens with zero attached hydrogens (tertiary/aromatic N) is 3. The maximum absolute atomic E-state index is 12.4. The van der Waals surface area contributed by atoms with Crippen LogP contribution in [0.4, 0.5) is 11.5 Å². The third-order valence-electron chi connectivity index (χ3n) is 3.44. The largest absolute Gasteiger partial charge is 0.384 e. The molecule has 0 aliphatic carbocycles. The van der Waals surface area contributed by atoms with E-state index < -0.39 is 10.0 Å². The number of aromatic nitrogens is 3. The Balaban J connectivity index is 1.99. The van der Waals surface area contributed by atoms with Gasteiger partial charge in [0.25, 0.3) is 10.0 Å². The topological polar surface area (TPSA) is 103 Å². The molecule has 0 fully saturated rings. The lowest BCUT2D eigenvalue weighted by Crippen LogP contribution is -2.17. The van der Waals surface area contributed by atoms with Gasteiger partial charge in [0.1, 0.15) is 10.7 Å². The molecule has 0 spiro atoms. The van der Waals surface area contributed by atoms with Crippen molar-refractivity contribution in [2.24, 2.45) is 0 Å². The van der Waals surface area contributed by atoms with Gasteiger partial charge >= 0.3 is 0 Å². The van der Waals surface area contributed by atoms with Gasteiger partial charge in [-0.25, -0.2) is 13.4 Å². The van der Waals surface area contributed by atoms with Crippen LogP contribution >= 0.6 is 0 Å². The lowest BCUT2D eigenvalue weighted by molar-refractivity contribution is 0.405. The Hall–Kier alpha value is -2.13. The summed E-state index contributed by atoms with van der Waals surface area (Å²) >= 11 is 0. The van der Waals surface area contributed by atoms with E-state index in [1.807, 2.05) is 14.1 Å². The molecule has 24 heavy (non-hydrogen) atoms. The van der Waals surface area contributed by atoms with Crippen LogP contribution in [0.15, 0.2) is 23.2 Å². The third kappa shape index (κ3) is 4.68. The van der Waals surface area contributed by atoms with Gasteiger partial charge in [-0.15, -0.1) is 0 Å². The quantitative estimate of drug-likeness (QED) is 0.623. The fourth-order valence-corrected chi connectivity index (χ4v) is 3.69. The summed E-state index contributed by atoms with van der Waals surface area (Å²) in [5.41, 5.74) is 1.78. The van der Waals surface area contributed by atoms with Crippen molar-refractivity contribution in [2.75, 3.05) is 37.2 Å². The van der Waals surface area contributed by atoms with Crippen LogP contribution in [-0.4, -0.2) is 55.7 Å². The number of anilines is 2. The molecule has 0 radical (unpaired) electrons. The van der Waals surface area contributed by atoms with E-state index >= 15 is 0 Å². The van der Waals surface area contributed by atoms with Gasteiger partial charge in [-0.1, -0.05) is 0 Å². The summed E-state index contributed by atoms with van der Waals surface area (Å²) in [4.78, 5) is 6.44. The number of hydrogen-bond donors (Lipinski definition) is 3. The van der Waals surface area contributed by atoms with Crippen LogP contribution in [-0.2, 0) is 10.0 Å². The summed E-state index contributed by atoms with van der Waals surface area (Å²) in [5.74, 6) is 0.272. The minimum atomic E-state index is -3.71. The van der Waals surface area contributed by atoms with Gasteiger partial charge < -0.3 is 10.2 Å². The maximum atomic E-state index is 12.4. The molecule has 2 aromatic rings. The van der Waals surface area contributed by atoms with Crippen molar-refractivity contribution in [3.63, 3.8) is 0 Å². The molecule has 8 nitrogen and oxygen atoms in total. The predicted molar refractivity (Wildman–Crippen MR) is 94.8 cm³/mol. The molecule has 3 N–H and O–H groups in total. The van der Waals surface area contributed by atoms with Gasteiger partial charge in [-0.3, -0.25) is 9.82 Å². The molecule has 0 amide bonds. The normalized spacial score (nSPS) is 11.7. The van der Waals surface area contributed by atoms with Gasteiger partial charge in [-0.05, 0) is 53.0 Å². The molecule has 2 aromatic heterocycles. The van der Waals surface area contributed by atoms with E-state index in [0.717, 1.165) is 25.2 Å². The Morgan fingerprint density at radius 2 is 2.00 bits per heavy atom. The Bertz CT molecular complexity index is 748. The van der Waals surface area contributed by atoms with E-state index in [1.54, 1.807) is 32.2 Å². The number of sulfonamides is 1. The molecule has 132 valence electrons. The molecule has 0 atom stereocenters. The molecule has 0 aliphatic heterocycles. The molecule has 0 saturated carbocycles. The maximum Gasteiger partial charge on any atom is 0.266 e. The second-order valence-corrected chi connectivity index (χ2v) is 7.50. The predicted octanol–water partition coefficient (Wildman–Crippen LogP) is 1.59. The lowest BCUT2D eigenvalue weighted by atomic mass is 10.3. The number of aromatic amines is 1. The van der Waals surface area contributed by atoms with E-state index in [0.29, 0.717) is 11.4 Å². The van der Waals surface area contributed by atoms with Crippen LogP contribution in [0, 0.1) is 13.8 Å². The second-order valence-electron chi connectivity index (χ2n) is 5.88. The average Bonchev–Trinajstić information content (AvgIpc) is 2.84. The minimum absolute atomic E-state index is 0.162. The molecule has 0 saturated heterocycles. The second kappa shape index (κ2) is 7.63. The molecule has 0 aromatic carbocycles. The molecule has 2 rings (SSSR count). The highest BCUT2D eigenvalue weighted by Gasteiger charge is 2.22. The van der Waals surface area contributed by atoms with Crippen molar-refractivity contribution in [3.8, 4) is 0 Å². The average molecular weight is 352 g/mol. The summed E-state index contributed by atoms with van der Waals surface area (Å²) < 4.78 is 27.3. The zero-order valence-electron chi connectivity index (χ0n) is 14.4. The zero-order valence-corrected chi connectivity index (χ0v) is 15.2. The molecular formula is C15H24N6O2S. The number of hydrogen-bond acceptors (Lipinski definition) is 6. The Labute approximate surface area is 142 Å². The first kappa shape index (κ1) is 18.2. The summed E-state index contributed by atoms with van der Waals surface area (Å²) in [7, 11) is 0.360. The fourth-order valence-electron chi connectivity index (χ4n) is 2.31. The smallest absolute Gasteiger partial charge is 0.266 e. The van der Waals surface area contributed by atoms with Crippen molar-refractivity contribution < 1.29 is 8.42 Å². The first-order chi connectivity index (χ1) is 11.3. The van der Waals surface area contributed by atoms with E-state index in [1.165, 1.54) is 0 Å². The van der Waals surface area contributed by atoms with E-state index in [9.17, 15) is 8.42 Å².